The van der Waals surface area contributed by atoms with Crippen molar-refractivity contribution in [2.24, 2.45) is 5.92 Å². The molecule has 2 rings (SSSR count). The first-order chi connectivity index (χ1) is 12.7. The van der Waals surface area contributed by atoms with E-state index in [4.69, 9.17) is 16.3 Å². The summed E-state index contributed by atoms with van der Waals surface area (Å²) in [6.45, 7) is 1.18. The number of amides is 1. The lowest BCUT2D eigenvalue weighted by Crippen LogP contribution is -2.43. The van der Waals surface area contributed by atoms with Crippen LogP contribution in [0.5, 0.6) is 0 Å². The summed E-state index contributed by atoms with van der Waals surface area (Å²) in [7, 11) is -2.57. The number of hydrogen-bond acceptors (Lipinski definition) is 5. The fraction of sp³-hybridized carbons (Fsp3) is 0.556. The zero-order valence-electron chi connectivity index (χ0n) is 15.5. The average molecular weight is 417 g/mol. The number of carbonyl (C=O) groups is 2. The van der Waals surface area contributed by atoms with Gasteiger partial charge in [-0.25, -0.2) is 8.42 Å². The Hall–Kier alpha value is -1.64. The Kier molecular flexibility index (Phi) is 7.64. The molecule has 1 aliphatic carbocycles. The summed E-state index contributed by atoms with van der Waals surface area (Å²) in [4.78, 5) is 23.9. The Morgan fingerprint density at radius 1 is 1.22 bits per heavy atom. The highest BCUT2D eigenvalue weighted by Crippen LogP contribution is 2.23. The highest BCUT2D eigenvalue weighted by molar-refractivity contribution is 7.89. The van der Waals surface area contributed by atoms with Crippen molar-refractivity contribution in [2.75, 3.05) is 20.2 Å². The molecule has 1 fully saturated rings. The van der Waals surface area contributed by atoms with E-state index in [1.54, 1.807) is 0 Å². The van der Waals surface area contributed by atoms with Crippen LogP contribution in [0.2, 0.25) is 5.02 Å². The molecule has 1 amide bonds. The molecule has 0 bridgehead atoms. The molecule has 0 heterocycles. The average Bonchev–Trinajstić information content (AvgIpc) is 2.62. The summed E-state index contributed by atoms with van der Waals surface area (Å²) in [5.41, 5.74) is 0. The highest BCUT2D eigenvalue weighted by atomic mass is 35.5. The summed E-state index contributed by atoms with van der Waals surface area (Å²) >= 11 is 5.75. The molecule has 0 aromatic heterocycles. The monoisotopic (exact) mass is 416 g/mol. The van der Waals surface area contributed by atoms with E-state index in [1.165, 1.54) is 31.3 Å². The number of rotatable bonds is 7. The van der Waals surface area contributed by atoms with Gasteiger partial charge in [0.1, 0.15) is 6.54 Å². The summed E-state index contributed by atoms with van der Waals surface area (Å²) in [6, 6.07) is 5.73. The van der Waals surface area contributed by atoms with Gasteiger partial charge in [-0.15, -0.1) is 0 Å². The fourth-order valence-corrected chi connectivity index (χ4v) is 4.27. The number of sulfonamides is 1. The minimum absolute atomic E-state index is 0.0197. The number of benzene rings is 1. The third kappa shape index (κ3) is 6.19. The van der Waals surface area contributed by atoms with Crippen LogP contribution in [0, 0.1) is 5.92 Å². The van der Waals surface area contributed by atoms with Crippen LogP contribution >= 0.6 is 11.6 Å². The number of esters is 1. The third-order valence-electron chi connectivity index (χ3n) is 4.70. The van der Waals surface area contributed by atoms with E-state index in [2.05, 4.69) is 12.2 Å². The predicted molar refractivity (Wildman–Crippen MR) is 102 cm³/mol. The first-order valence-electron chi connectivity index (χ1n) is 8.87. The van der Waals surface area contributed by atoms with Crippen LogP contribution in [-0.2, 0) is 24.3 Å². The molecule has 1 aromatic rings. The molecule has 0 aliphatic heterocycles. The molecule has 0 unspecified atom stereocenters. The Morgan fingerprint density at radius 3 is 2.48 bits per heavy atom. The van der Waals surface area contributed by atoms with Gasteiger partial charge in [0, 0.05) is 18.1 Å². The van der Waals surface area contributed by atoms with Gasteiger partial charge in [0.05, 0.1) is 4.90 Å². The van der Waals surface area contributed by atoms with E-state index in [1.807, 2.05) is 0 Å². The molecule has 1 aliphatic rings. The number of hydrogen-bond donors (Lipinski definition) is 1. The van der Waals surface area contributed by atoms with Gasteiger partial charge in [0.25, 0.3) is 5.91 Å². The van der Waals surface area contributed by atoms with E-state index in [9.17, 15) is 18.0 Å². The molecule has 1 aromatic carbocycles. The van der Waals surface area contributed by atoms with Crippen molar-refractivity contribution in [1.82, 2.24) is 9.62 Å². The van der Waals surface area contributed by atoms with Crippen LogP contribution < -0.4 is 5.32 Å². The minimum atomic E-state index is -3.85. The van der Waals surface area contributed by atoms with E-state index in [-0.39, 0.29) is 16.8 Å². The third-order valence-corrected chi connectivity index (χ3v) is 6.77. The van der Waals surface area contributed by atoms with E-state index < -0.39 is 29.1 Å². The van der Waals surface area contributed by atoms with Crippen LogP contribution in [0.15, 0.2) is 29.2 Å². The number of likely N-dealkylation sites (N-methyl/N-ethyl adjacent to an activating group) is 1. The molecule has 0 saturated heterocycles. The van der Waals surface area contributed by atoms with Gasteiger partial charge in [-0.05, 0) is 43.0 Å². The zero-order chi connectivity index (χ0) is 20.0. The van der Waals surface area contributed by atoms with Crippen LogP contribution in [0.4, 0.5) is 0 Å². The van der Waals surface area contributed by atoms with Gasteiger partial charge in [-0.2, -0.15) is 4.31 Å². The van der Waals surface area contributed by atoms with Gasteiger partial charge in [-0.1, -0.05) is 31.4 Å². The lowest BCUT2D eigenvalue weighted by atomic mass is 9.86. The van der Waals surface area contributed by atoms with Crippen molar-refractivity contribution >= 4 is 33.5 Å². The Bertz CT molecular complexity index is 766. The van der Waals surface area contributed by atoms with Crippen molar-refractivity contribution in [3.8, 4) is 0 Å². The second kappa shape index (κ2) is 9.52. The van der Waals surface area contributed by atoms with Crippen molar-refractivity contribution in [2.45, 2.75) is 43.5 Å². The number of ether oxygens (including phenoxy) is 1. The summed E-state index contributed by atoms with van der Waals surface area (Å²) in [5, 5.41) is 3.29. The molecule has 0 radical (unpaired) electrons. The van der Waals surface area contributed by atoms with E-state index in [0.29, 0.717) is 10.9 Å². The standard InChI is InChI=1S/C18H25ClN2O5S/c1-13-5-3-4-6-16(13)20-17(22)12-26-18(23)11-21(2)27(24,25)15-9-7-14(19)8-10-15/h7-10,13,16H,3-6,11-12H2,1-2H3,(H,20,22)/t13-,16-/m0/s1. The molecular formula is C18H25ClN2O5S. The van der Waals surface area contributed by atoms with Crippen LogP contribution in [-0.4, -0.2) is 50.8 Å². The minimum Gasteiger partial charge on any atom is -0.455 e. The SMILES string of the molecule is C[C@H]1CCCC[C@@H]1NC(=O)COC(=O)CN(C)S(=O)(=O)c1ccc(Cl)cc1. The fourth-order valence-electron chi connectivity index (χ4n) is 3.02. The molecule has 27 heavy (non-hydrogen) atoms. The van der Waals surface area contributed by atoms with Gasteiger partial charge in [0.2, 0.25) is 10.0 Å². The molecule has 9 heteroatoms. The van der Waals surface area contributed by atoms with Crippen molar-refractivity contribution < 1.29 is 22.7 Å². The van der Waals surface area contributed by atoms with Crippen LogP contribution in [0.3, 0.4) is 0 Å². The van der Waals surface area contributed by atoms with Gasteiger partial charge in [0.15, 0.2) is 6.61 Å². The molecular weight excluding hydrogens is 392 g/mol. The quantitative estimate of drug-likeness (QED) is 0.688. The van der Waals surface area contributed by atoms with Crippen molar-refractivity contribution in [3.63, 3.8) is 0 Å². The molecule has 150 valence electrons. The van der Waals surface area contributed by atoms with Crippen LogP contribution in [0.25, 0.3) is 0 Å². The Balaban J connectivity index is 1.82. The number of halogens is 1. The Morgan fingerprint density at radius 2 is 1.85 bits per heavy atom. The maximum atomic E-state index is 12.4. The normalized spacial score (nSPS) is 20.3. The molecule has 2 atom stereocenters. The summed E-state index contributed by atoms with van der Waals surface area (Å²) in [5.74, 6) is -0.763. The lowest BCUT2D eigenvalue weighted by Gasteiger charge is -2.29. The van der Waals surface area contributed by atoms with Crippen molar-refractivity contribution in [1.29, 1.82) is 0 Å². The molecule has 7 nitrogen and oxygen atoms in total. The second-order valence-electron chi connectivity index (χ2n) is 6.81. The second-order valence-corrected chi connectivity index (χ2v) is 9.29. The first kappa shape index (κ1) is 21.7. The first-order valence-corrected chi connectivity index (χ1v) is 10.7. The maximum absolute atomic E-state index is 12.4. The molecule has 1 N–H and O–H groups in total. The molecule has 1 saturated carbocycles. The Labute approximate surface area is 165 Å². The van der Waals surface area contributed by atoms with Gasteiger partial charge < -0.3 is 10.1 Å². The summed E-state index contributed by atoms with van der Waals surface area (Å²) < 4.78 is 30.6. The van der Waals surface area contributed by atoms with Crippen LogP contribution in [0.1, 0.15) is 32.6 Å². The zero-order valence-corrected chi connectivity index (χ0v) is 17.1. The lowest BCUT2D eigenvalue weighted by molar-refractivity contribution is -0.148. The van der Waals surface area contributed by atoms with Gasteiger partial charge in [-0.3, -0.25) is 9.59 Å². The smallest absolute Gasteiger partial charge is 0.321 e. The highest BCUT2D eigenvalue weighted by Gasteiger charge is 2.25. The topological polar surface area (TPSA) is 92.8 Å². The summed E-state index contributed by atoms with van der Waals surface area (Å²) in [6.07, 6.45) is 4.22. The predicted octanol–water partition coefficient (Wildman–Crippen LogP) is 2.20. The molecule has 0 spiro atoms. The van der Waals surface area contributed by atoms with Crippen molar-refractivity contribution in [3.05, 3.63) is 29.3 Å². The number of nitrogens with one attached hydrogen (secondary N) is 1. The maximum Gasteiger partial charge on any atom is 0.321 e. The van der Waals surface area contributed by atoms with E-state index >= 15 is 0 Å². The van der Waals surface area contributed by atoms with E-state index in [0.717, 1.165) is 30.0 Å². The largest absolute Gasteiger partial charge is 0.455 e. The number of carbonyl (C=O) groups excluding carboxylic acids is 2. The van der Waals surface area contributed by atoms with Gasteiger partial charge >= 0.3 is 5.97 Å². The number of nitrogens with zero attached hydrogens (tertiary/aromatic N) is 1.